The Morgan fingerprint density at radius 2 is 1.88 bits per heavy atom. The van der Waals surface area contributed by atoms with Gasteiger partial charge in [0.05, 0.1) is 24.6 Å². The zero-order chi connectivity index (χ0) is 18.9. The number of para-hydroxylation sites is 1. The van der Waals surface area contributed by atoms with Crippen LogP contribution in [0.2, 0.25) is 0 Å². The van der Waals surface area contributed by atoms with Gasteiger partial charge in [-0.15, -0.1) is 0 Å². The lowest BCUT2D eigenvalue weighted by Gasteiger charge is -2.23. The number of aliphatic carboxylic acids is 1. The number of hydrogen-bond acceptors (Lipinski definition) is 4. The van der Waals surface area contributed by atoms with Crippen LogP contribution in [0.5, 0.6) is 5.75 Å². The maximum absolute atomic E-state index is 12.3. The van der Waals surface area contributed by atoms with Crippen molar-refractivity contribution < 1.29 is 24.2 Å². The molecule has 3 N–H and O–H groups in total. The van der Waals surface area contributed by atoms with Crippen molar-refractivity contribution in [3.8, 4) is 5.75 Å². The van der Waals surface area contributed by atoms with Crippen LogP contribution < -0.4 is 15.4 Å². The van der Waals surface area contributed by atoms with Crippen molar-refractivity contribution in [3.05, 3.63) is 29.8 Å². The summed E-state index contributed by atoms with van der Waals surface area (Å²) in [5, 5.41) is 14.7. The van der Waals surface area contributed by atoms with E-state index in [0.717, 1.165) is 19.3 Å². The molecule has 7 nitrogen and oxygen atoms in total. The number of amides is 2. The van der Waals surface area contributed by atoms with Crippen LogP contribution in [-0.4, -0.2) is 42.1 Å². The third-order valence-corrected chi connectivity index (χ3v) is 4.52. The first-order valence-corrected chi connectivity index (χ1v) is 9.05. The molecule has 7 heteroatoms. The summed E-state index contributed by atoms with van der Waals surface area (Å²) in [7, 11) is 0. The van der Waals surface area contributed by atoms with Gasteiger partial charge in [-0.2, -0.15) is 0 Å². The van der Waals surface area contributed by atoms with E-state index < -0.39 is 23.8 Å². The van der Waals surface area contributed by atoms with Crippen molar-refractivity contribution in [1.82, 2.24) is 10.6 Å². The molecular formula is C19H26N2O5. The normalized spacial score (nSPS) is 19.9. The van der Waals surface area contributed by atoms with Gasteiger partial charge in [0.2, 0.25) is 5.91 Å². The largest absolute Gasteiger partial charge is 0.493 e. The van der Waals surface area contributed by atoms with E-state index in [0.29, 0.717) is 30.8 Å². The van der Waals surface area contributed by atoms with Crippen LogP contribution in [0.15, 0.2) is 24.3 Å². The minimum atomic E-state index is -0.883. The Balaban J connectivity index is 1.91. The second-order valence-electron chi connectivity index (χ2n) is 6.37. The molecule has 1 fully saturated rings. The first-order chi connectivity index (χ1) is 12.5. The van der Waals surface area contributed by atoms with E-state index in [9.17, 15) is 19.5 Å². The standard InChI is InChI=1S/C19H26N2O5/c1-2-26-16-11-7-6-9-14(16)18(23)20-12-17(22)21-15-10-5-3-4-8-13(15)19(24)25/h6-7,9,11,13,15H,2-5,8,10,12H2,1H3,(H,20,23)(H,21,22)(H,24,25)/t13-,15+/m1/s1. The second-order valence-corrected chi connectivity index (χ2v) is 6.37. The minimum Gasteiger partial charge on any atom is -0.493 e. The predicted octanol–water partition coefficient (Wildman–Crippen LogP) is 1.96. The average Bonchev–Trinajstić information content (AvgIpc) is 2.86. The number of nitrogens with one attached hydrogen (secondary N) is 2. The molecule has 0 saturated heterocycles. The number of carboxylic acids is 1. The fourth-order valence-corrected chi connectivity index (χ4v) is 3.23. The summed E-state index contributed by atoms with van der Waals surface area (Å²) >= 11 is 0. The van der Waals surface area contributed by atoms with Crippen molar-refractivity contribution in [3.63, 3.8) is 0 Å². The van der Waals surface area contributed by atoms with Crippen molar-refractivity contribution in [1.29, 1.82) is 0 Å². The molecular weight excluding hydrogens is 336 g/mol. The summed E-state index contributed by atoms with van der Waals surface area (Å²) < 4.78 is 5.41. The highest BCUT2D eigenvalue weighted by Gasteiger charge is 2.30. The van der Waals surface area contributed by atoms with E-state index in [-0.39, 0.29) is 12.5 Å². The number of benzene rings is 1. The zero-order valence-corrected chi connectivity index (χ0v) is 15.0. The fraction of sp³-hybridized carbons (Fsp3) is 0.526. The number of hydrogen-bond donors (Lipinski definition) is 3. The number of carbonyl (C=O) groups excluding carboxylic acids is 2. The molecule has 1 aromatic carbocycles. The molecule has 142 valence electrons. The Hall–Kier alpha value is -2.57. The van der Waals surface area contributed by atoms with Gasteiger partial charge >= 0.3 is 5.97 Å². The topological polar surface area (TPSA) is 105 Å². The van der Waals surface area contributed by atoms with E-state index in [1.807, 2.05) is 6.92 Å². The van der Waals surface area contributed by atoms with Gasteiger partial charge < -0.3 is 20.5 Å². The van der Waals surface area contributed by atoms with E-state index in [1.54, 1.807) is 24.3 Å². The van der Waals surface area contributed by atoms with E-state index in [1.165, 1.54) is 0 Å². The van der Waals surface area contributed by atoms with Gasteiger partial charge in [-0.25, -0.2) is 0 Å². The maximum Gasteiger partial charge on any atom is 0.308 e. The molecule has 0 spiro atoms. The Morgan fingerprint density at radius 1 is 1.15 bits per heavy atom. The van der Waals surface area contributed by atoms with Crippen molar-refractivity contribution >= 4 is 17.8 Å². The summed E-state index contributed by atoms with van der Waals surface area (Å²) in [6.07, 6.45) is 3.93. The molecule has 2 amide bonds. The lowest BCUT2D eigenvalue weighted by atomic mass is 9.95. The molecule has 26 heavy (non-hydrogen) atoms. The first kappa shape index (κ1) is 19.8. The molecule has 0 radical (unpaired) electrons. The van der Waals surface area contributed by atoms with Gasteiger partial charge in [0.25, 0.3) is 5.91 Å². The number of carbonyl (C=O) groups is 3. The molecule has 1 aliphatic carbocycles. The van der Waals surface area contributed by atoms with E-state index in [4.69, 9.17) is 4.74 Å². The van der Waals surface area contributed by atoms with Crippen LogP contribution >= 0.6 is 0 Å². The van der Waals surface area contributed by atoms with Crippen LogP contribution in [-0.2, 0) is 9.59 Å². The van der Waals surface area contributed by atoms with Crippen LogP contribution in [0.1, 0.15) is 49.4 Å². The quantitative estimate of drug-likeness (QED) is 0.643. The highest BCUT2D eigenvalue weighted by Crippen LogP contribution is 2.23. The van der Waals surface area contributed by atoms with Gasteiger partial charge in [-0.3, -0.25) is 14.4 Å². The third-order valence-electron chi connectivity index (χ3n) is 4.52. The van der Waals surface area contributed by atoms with Gasteiger partial charge in [0.1, 0.15) is 5.75 Å². The van der Waals surface area contributed by atoms with Crippen LogP contribution in [0, 0.1) is 5.92 Å². The number of ether oxygens (including phenoxy) is 1. The fourth-order valence-electron chi connectivity index (χ4n) is 3.23. The average molecular weight is 362 g/mol. The predicted molar refractivity (Wildman–Crippen MR) is 96.1 cm³/mol. The molecule has 0 unspecified atom stereocenters. The molecule has 0 aromatic heterocycles. The zero-order valence-electron chi connectivity index (χ0n) is 15.0. The molecule has 2 atom stereocenters. The summed E-state index contributed by atoms with van der Waals surface area (Å²) in [4.78, 5) is 35.9. The first-order valence-electron chi connectivity index (χ1n) is 9.05. The molecule has 0 bridgehead atoms. The smallest absolute Gasteiger partial charge is 0.308 e. The third kappa shape index (κ3) is 5.47. The van der Waals surface area contributed by atoms with Crippen LogP contribution in [0.4, 0.5) is 0 Å². The Labute approximate surface area is 153 Å². The van der Waals surface area contributed by atoms with Gasteiger partial charge in [0.15, 0.2) is 0 Å². The highest BCUT2D eigenvalue weighted by atomic mass is 16.5. The van der Waals surface area contributed by atoms with Gasteiger partial charge in [-0.1, -0.05) is 31.4 Å². The summed E-state index contributed by atoms with van der Waals surface area (Å²) in [6, 6.07) is 6.42. The molecule has 0 heterocycles. The molecule has 2 rings (SSSR count). The highest BCUT2D eigenvalue weighted by molar-refractivity contribution is 5.98. The molecule has 1 aliphatic rings. The SMILES string of the molecule is CCOc1ccccc1C(=O)NCC(=O)N[C@H]1CCCCC[C@H]1C(=O)O. The Morgan fingerprint density at radius 3 is 2.62 bits per heavy atom. The Kier molecular flexibility index (Phi) is 7.44. The van der Waals surface area contributed by atoms with E-state index >= 15 is 0 Å². The minimum absolute atomic E-state index is 0.206. The molecule has 1 aromatic rings. The van der Waals surface area contributed by atoms with Crippen molar-refractivity contribution in [2.45, 2.75) is 45.1 Å². The molecule has 1 saturated carbocycles. The van der Waals surface area contributed by atoms with E-state index in [2.05, 4.69) is 10.6 Å². The van der Waals surface area contributed by atoms with Crippen LogP contribution in [0.25, 0.3) is 0 Å². The monoisotopic (exact) mass is 362 g/mol. The Bertz CT molecular complexity index is 647. The number of rotatable bonds is 7. The lowest BCUT2D eigenvalue weighted by molar-refractivity contribution is -0.143. The van der Waals surface area contributed by atoms with Crippen molar-refractivity contribution in [2.75, 3.05) is 13.2 Å². The number of carboxylic acid groups (broad SMARTS) is 1. The van der Waals surface area contributed by atoms with Crippen LogP contribution in [0.3, 0.4) is 0 Å². The van der Waals surface area contributed by atoms with Crippen molar-refractivity contribution in [2.24, 2.45) is 5.92 Å². The lowest BCUT2D eigenvalue weighted by Crippen LogP contribution is -2.46. The van der Waals surface area contributed by atoms with Gasteiger partial charge in [-0.05, 0) is 31.9 Å². The molecule has 0 aliphatic heterocycles. The van der Waals surface area contributed by atoms with Gasteiger partial charge in [0, 0.05) is 6.04 Å². The second kappa shape index (κ2) is 9.79. The maximum atomic E-state index is 12.3. The summed E-state index contributed by atoms with van der Waals surface area (Å²) in [6.45, 7) is 2.05. The summed E-state index contributed by atoms with van der Waals surface area (Å²) in [5.74, 6) is -1.78. The summed E-state index contributed by atoms with van der Waals surface area (Å²) in [5.41, 5.74) is 0.361.